The first kappa shape index (κ1) is 11.0. The van der Waals surface area contributed by atoms with E-state index >= 15 is 0 Å². The summed E-state index contributed by atoms with van der Waals surface area (Å²) in [5.41, 5.74) is 1.88. The summed E-state index contributed by atoms with van der Waals surface area (Å²) >= 11 is 1.29. The molecule has 1 nitrogen and oxygen atoms in total. The largest absolute Gasteiger partial charge is 0.277 e. The van der Waals surface area contributed by atoms with Crippen molar-refractivity contribution in [2.75, 3.05) is 5.75 Å². The van der Waals surface area contributed by atoms with Crippen LogP contribution in [0.15, 0.2) is 0 Å². The summed E-state index contributed by atoms with van der Waals surface area (Å²) in [6.45, 7) is 4.39. The molecule has 0 saturated carbocycles. The van der Waals surface area contributed by atoms with Gasteiger partial charge in [0.1, 0.15) is 0 Å². The number of hydrogen-bond donors (Lipinski definition) is 0. The summed E-state index contributed by atoms with van der Waals surface area (Å²) in [6.07, 6.45) is 5.00. The van der Waals surface area contributed by atoms with Gasteiger partial charge in [-0.15, -0.1) is 0 Å². The van der Waals surface area contributed by atoms with Gasteiger partial charge in [0.2, 0.25) is 0 Å². The molecule has 2 heteroatoms. The van der Waals surface area contributed by atoms with Gasteiger partial charge in [0.15, 0.2) is 0 Å². The minimum atomic E-state index is 0.724. The van der Waals surface area contributed by atoms with Crippen LogP contribution in [-0.2, 0) is 4.79 Å². The molecule has 0 aliphatic heterocycles. The summed E-state index contributed by atoms with van der Waals surface area (Å²) in [4.78, 5) is 9.94. The molecule has 0 aliphatic rings. The van der Waals surface area contributed by atoms with Gasteiger partial charge in [-0.1, -0.05) is 44.9 Å². The van der Waals surface area contributed by atoms with Crippen molar-refractivity contribution in [3.05, 3.63) is 0 Å². The lowest BCUT2D eigenvalue weighted by Gasteiger charge is -2.10. The fourth-order valence-corrected chi connectivity index (χ4v) is 1.76. The molecular weight excluding hydrogens is 156 g/mol. The highest BCUT2D eigenvalue weighted by Gasteiger charge is 2.04. The third-order valence-corrected chi connectivity index (χ3v) is 2.68. The normalized spacial score (nSPS) is 12.9. The fourth-order valence-electron chi connectivity index (χ4n) is 1.05. The molecule has 0 amide bonds. The van der Waals surface area contributed by atoms with Crippen molar-refractivity contribution in [1.29, 1.82) is 0 Å². The molecule has 0 N–H and O–H groups in total. The number of hydrogen-bond acceptors (Lipinski definition) is 2. The van der Waals surface area contributed by atoms with Crippen LogP contribution in [0.3, 0.4) is 0 Å². The maximum absolute atomic E-state index is 9.94. The number of rotatable bonds is 7. The summed E-state index contributed by atoms with van der Waals surface area (Å²) in [5.74, 6) is 1.68. The zero-order chi connectivity index (χ0) is 8.53. The van der Waals surface area contributed by atoms with Crippen molar-refractivity contribution < 1.29 is 4.79 Å². The van der Waals surface area contributed by atoms with Gasteiger partial charge >= 0.3 is 0 Å². The molecule has 11 heavy (non-hydrogen) atoms. The van der Waals surface area contributed by atoms with Gasteiger partial charge in [0.05, 0.1) is 0 Å². The van der Waals surface area contributed by atoms with Crippen LogP contribution in [0.1, 0.15) is 39.5 Å². The van der Waals surface area contributed by atoms with Crippen LogP contribution in [0.2, 0.25) is 0 Å². The Morgan fingerprint density at radius 3 is 2.64 bits per heavy atom. The van der Waals surface area contributed by atoms with Crippen molar-refractivity contribution in [3.63, 3.8) is 0 Å². The van der Waals surface area contributed by atoms with E-state index in [-0.39, 0.29) is 0 Å². The molecule has 1 unspecified atom stereocenters. The molecule has 0 fully saturated rings. The van der Waals surface area contributed by atoms with E-state index in [0.717, 1.165) is 11.7 Å². The first-order valence-corrected chi connectivity index (χ1v) is 5.32. The molecule has 0 aromatic heterocycles. The van der Waals surface area contributed by atoms with Gasteiger partial charge in [0.25, 0.3) is 5.62 Å². The topological polar surface area (TPSA) is 17.1 Å². The third kappa shape index (κ3) is 6.42. The van der Waals surface area contributed by atoms with Gasteiger partial charge in [-0.25, -0.2) is 0 Å². The Morgan fingerprint density at radius 1 is 1.45 bits per heavy atom. The third-order valence-electron chi connectivity index (χ3n) is 1.92. The zero-order valence-corrected chi connectivity index (χ0v) is 8.25. The predicted molar refractivity (Wildman–Crippen MR) is 51.5 cm³/mol. The van der Waals surface area contributed by atoms with Gasteiger partial charge in [0, 0.05) is 5.75 Å². The van der Waals surface area contributed by atoms with Gasteiger partial charge in [-0.2, -0.15) is 0 Å². The van der Waals surface area contributed by atoms with Gasteiger partial charge in [-0.05, 0) is 12.3 Å². The minimum Gasteiger partial charge on any atom is -0.277 e. The van der Waals surface area contributed by atoms with Crippen molar-refractivity contribution in [2.24, 2.45) is 5.92 Å². The molecule has 1 atom stereocenters. The number of carbonyl (C=O) groups excluding carboxylic acids is 1. The summed E-state index contributed by atoms with van der Waals surface area (Å²) in [6, 6.07) is 0. The first-order chi connectivity index (χ1) is 5.35. The Bertz CT molecular complexity index is 93.6. The second-order valence-electron chi connectivity index (χ2n) is 2.81. The average Bonchev–Trinajstić information content (AvgIpc) is 2.05. The molecule has 0 spiro atoms. The molecule has 0 bridgehead atoms. The summed E-state index contributed by atoms with van der Waals surface area (Å²) in [7, 11) is 0. The minimum absolute atomic E-state index is 0.724. The lowest BCUT2D eigenvalue weighted by molar-refractivity contribution is 0.499. The number of unbranched alkanes of at least 4 members (excludes halogenated alkanes) is 1. The molecule has 0 aromatic rings. The van der Waals surface area contributed by atoms with Gasteiger partial charge in [-0.3, -0.25) is 4.79 Å². The van der Waals surface area contributed by atoms with Crippen molar-refractivity contribution in [2.45, 2.75) is 39.5 Å². The highest BCUT2D eigenvalue weighted by Crippen LogP contribution is 2.16. The molecule has 0 rings (SSSR count). The summed E-state index contributed by atoms with van der Waals surface area (Å²) in [5, 5.41) is 0. The predicted octanol–water partition coefficient (Wildman–Crippen LogP) is 3.00. The quantitative estimate of drug-likeness (QED) is 0.588. The Kier molecular flexibility index (Phi) is 8.13. The average molecular weight is 173 g/mol. The Hall–Kier alpha value is 0.0200. The van der Waals surface area contributed by atoms with E-state index in [1.54, 1.807) is 0 Å². The van der Waals surface area contributed by atoms with E-state index < -0.39 is 0 Å². The Balaban J connectivity index is 3.32. The monoisotopic (exact) mass is 173 g/mol. The van der Waals surface area contributed by atoms with Crippen LogP contribution in [-0.4, -0.2) is 11.4 Å². The standard InChI is InChI=1S/C9H17OS/c1-3-5-6-9(4-2)7-11-8-10/h9H,3-7H2,1-2H3. The van der Waals surface area contributed by atoms with E-state index in [2.05, 4.69) is 13.8 Å². The van der Waals surface area contributed by atoms with E-state index in [9.17, 15) is 4.79 Å². The maximum Gasteiger partial charge on any atom is 0.266 e. The SMILES string of the molecule is CCCCC(CC)CS[C]=O. The van der Waals surface area contributed by atoms with Crippen molar-refractivity contribution in [1.82, 2.24) is 0 Å². The Labute approximate surface area is 73.9 Å². The van der Waals surface area contributed by atoms with Crippen LogP contribution in [0.25, 0.3) is 0 Å². The summed E-state index contributed by atoms with van der Waals surface area (Å²) < 4.78 is 0. The van der Waals surface area contributed by atoms with Crippen LogP contribution >= 0.6 is 11.8 Å². The lowest BCUT2D eigenvalue weighted by atomic mass is 10.0. The zero-order valence-electron chi connectivity index (χ0n) is 7.43. The molecule has 0 aromatic carbocycles. The van der Waals surface area contributed by atoms with Crippen LogP contribution in [0.5, 0.6) is 0 Å². The molecular formula is C9H17OS. The smallest absolute Gasteiger partial charge is 0.266 e. The fraction of sp³-hybridized carbons (Fsp3) is 0.889. The molecule has 65 valence electrons. The van der Waals surface area contributed by atoms with Gasteiger partial charge < -0.3 is 0 Å². The highest BCUT2D eigenvalue weighted by molar-refractivity contribution is 8.11. The first-order valence-electron chi connectivity index (χ1n) is 4.34. The van der Waals surface area contributed by atoms with Crippen molar-refractivity contribution >= 4 is 17.4 Å². The van der Waals surface area contributed by atoms with E-state index in [0.29, 0.717) is 0 Å². The van der Waals surface area contributed by atoms with Crippen LogP contribution < -0.4 is 0 Å². The van der Waals surface area contributed by atoms with E-state index in [4.69, 9.17) is 0 Å². The second kappa shape index (κ2) is 8.12. The number of thioether (sulfide) groups is 1. The maximum atomic E-state index is 9.94. The molecule has 1 radical (unpaired) electrons. The highest BCUT2D eigenvalue weighted by atomic mass is 32.2. The molecule has 0 heterocycles. The Morgan fingerprint density at radius 2 is 2.18 bits per heavy atom. The van der Waals surface area contributed by atoms with Crippen molar-refractivity contribution in [3.8, 4) is 0 Å². The molecule has 0 saturated heterocycles. The molecule has 0 aliphatic carbocycles. The van der Waals surface area contributed by atoms with Crippen LogP contribution in [0, 0.1) is 5.92 Å². The van der Waals surface area contributed by atoms with E-state index in [1.807, 2.05) is 5.62 Å². The lowest BCUT2D eigenvalue weighted by Crippen LogP contribution is -2.01. The van der Waals surface area contributed by atoms with E-state index in [1.165, 1.54) is 37.4 Å². The van der Waals surface area contributed by atoms with Crippen LogP contribution in [0.4, 0.5) is 0 Å². The second-order valence-corrected chi connectivity index (χ2v) is 3.60.